The number of benzene rings is 1. The number of nitrogens with one attached hydrogen (secondary N) is 4. The minimum absolute atomic E-state index is 0.0213. The molecule has 80 heavy (non-hydrogen) atoms. The molecular formula is C52H75N11O15S2. The summed E-state index contributed by atoms with van der Waals surface area (Å²) in [6.07, 6.45) is 7.00. The van der Waals surface area contributed by atoms with Crippen LogP contribution in [0.15, 0.2) is 40.2 Å². The average Bonchev–Trinajstić information content (AvgIpc) is 3.40. The molecule has 26 nitrogen and oxygen atoms in total. The van der Waals surface area contributed by atoms with Crippen LogP contribution in [0.3, 0.4) is 0 Å². The molecule has 0 aliphatic rings. The monoisotopic (exact) mass is 1160 g/mol. The number of nitrogen functional groups attached to an aromatic ring is 1. The van der Waals surface area contributed by atoms with Gasteiger partial charge in [-0.3, -0.25) is 53.1 Å². The highest BCUT2D eigenvalue weighted by molar-refractivity contribution is 8.76. The van der Waals surface area contributed by atoms with Crippen LogP contribution in [0.25, 0.3) is 11.2 Å². The van der Waals surface area contributed by atoms with Crippen LogP contribution < -0.4 is 38.7 Å². The van der Waals surface area contributed by atoms with E-state index in [0.29, 0.717) is 30.7 Å². The summed E-state index contributed by atoms with van der Waals surface area (Å²) in [4.78, 5) is 160. The van der Waals surface area contributed by atoms with Gasteiger partial charge in [-0.1, -0.05) is 99.2 Å². The molecule has 5 atom stereocenters. The first-order chi connectivity index (χ1) is 38.0. The van der Waals surface area contributed by atoms with E-state index < -0.39 is 102 Å². The Balaban J connectivity index is 0.00000186. The molecule has 0 saturated carbocycles. The molecule has 0 aliphatic heterocycles. The maximum absolute atomic E-state index is 13.6. The second kappa shape index (κ2) is 39.7. The lowest BCUT2D eigenvalue weighted by molar-refractivity contribution is -0.192. The molecule has 28 heteroatoms. The lowest BCUT2D eigenvalue weighted by Crippen LogP contribution is -2.48. The highest BCUT2D eigenvalue weighted by Crippen LogP contribution is 2.23. The van der Waals surface area contributed by atoms with Gasteiger partial charge in [0, 0.05) is 68.2 Å². The molecule has 3 amide bonds. The molecule has 0 radical (unpaired) electrons. The topological polar surface area (TPSA) is 446 Å². The molecule has 1 aromatic carbocycles. The Morgan fingerprint density at radius 2 is 1.44 bits per heavy atom. The van der Waals surface area contributed by atoms with Gasteiger partial charge in [-0.2, -0.15) is 14.6 Å². The number of aryl methyl sites for hydroxylation is 2. The number of nitrogens with zero attached hydrogens (tertiary/aromatic N) is 4. The number of aromatic nitrogens is 4. The third-order valence-corrected chi connectivity index (χ3v) is 14.3. The number of Topliss-reactive ketones (excluding diaryl/α,β-unsaturated/α-hetero) is 3. The number of aliphatic carboxylic acids is 3. The van der Waals surface area contributed by atoms with E-state index in [1.54, 1.807) is 24.3 Å². The number of anilines is 1. The van der Waals surface area contributed by atoms with Gasteiger partial charge in [-0.05, 0) is 44.1 Å². The highest BCUT2D eigenvalue weighted by atomic mass is 33.1. The fraction of sp³-hybridized carbons (Fsp3) is 0.558. The first kappa shape index (κ1) is 70.4. The number of carboxylic acid groups (broad SMARTS) is 3. The van der Waals surface area contributed by atoms with Crippen LogP contribution in [-0.4, -0.2) is 137 Å². The van der Waals surface area contributed by atoms with Crippen LogP contribution in [-0.2, 0) is 60.8 Å². The van der Waals surface area contributed by atoms with Crippen molar-refractivity contribution in [2.24, 2.45) is 34.2 Å². The van der Waals surface area contributed by atoms with Crippen molar-refractivity contribution in [2.75, 3.05) is 30.3 Å². The van der Waals surface area contributed by atoms with Crippen LogP contribution in [0.2, 0.25) is 0 Å². The Morgan fingerprint density at radius 1 is 0.775 bits per heavy atom. The third-order valence-electron chi connectivity index (χ3n) is 11.8. The van der Waals surface area contributed by atoms with Gasteiger partial charge in [0.1, 0.15) is 11.8 Å². The van der Waals surface area contributed by atoms with Crippen LogP contribution in [0.5, 0.6) is 0 Å². The summed E-state index contributed by atoms with van der Waals surface area (Å²) in [5, 5.41) is 36.7. The first-order valence-corrected chi connectivity index (χ1v) is 28.5. The number of aromatic amines is 1. The van der Waals surface area contributed by atoms with Crippen LogP contribution in [0.4, 0.5) is 5.95 Å². The van der Waals surface area contributed by atoms with Crippen molar-refractivity contribution in [3.63, 3.8) is 0 Å². The molecule has 3 aromatic rings. The van der Waals surface area contributed by atoms with Crippen molar-refractivity contribution >= 4 is 104 Å². The average molecular weight is 1160 g/mol. The van der Waals surface area contributed by atoms with Gasteiger partial charge in [0.25, 0.3) is 5.56 Å². The first-order valence-electron chi connectivity index (χ1n) is 26.0. The van der Waals surface area contributed by atoms with E-state index >= 15 is 0 Å². The molecule has 3 rings (SSSR count). The highest BCUT2D eigenvalue weighted by Gasteiger charge is 2.33. The van der Waals surface area contributed by atoms with Crippen molar-refractivity contribution in [2.45, 2.75) is 143 Å². The molecule has 0 saturated heterocycles. The number of H-pyrrole nitrogens is 1. The number of guanidine groups is 1. The van der Waals surface area contributed by atoms with Gasteiger partial charge in [0.05, 0.1) is 36.2 Å². The summed E-state index contributed by atoms with van der Waals surface area (Å²) in [5.74, 6) is -10.6. The third kappa shape index (κ3) is 29.4. The maximum atomic E-state index is 13.6. The smallest absolute Gasteiger partial charge is 0.373 e. The predicted octanol–water partition coefficient (Wildman–Crippen LogP) is 3.19. The molecule has 0 bridgehead atoms. The van der Waals surface area contributed by atoms with Gasteiger partial charge >= 0.3 is 24.1 Å². The van der Waals surface area contributed by atoms with Gasteiger partial charge < -0.3 is 48.5 Å². The minimum Gasteiger partial charge on any atom is -0.481 e. The summed E-state index contributed by atoms with van der Waals surface area (Å²) in [6, 6.07) is 3.92. The molecule has 0 fully saturated rings. The molecule has 2 aromatic heterocycles. The van der Waals surface area contributed by atoms with E-state index in [4.69, 9.17) is 26.8 Å². The zero-order valence-electron chi connectivity index (χ0n) is 45.5. The second-order valence-corrected chi connectivity index (χ2v) is 21.1. The number of carbonyl (C=O) groups is 9. The number of amides is 3. The van der Waals surface area contributed by atoms with Crippen molar-refractivity contribution in [3.8, 4) is 0 Å². The normalized spacial score (nSPS) is 12.4. The second-order valence-electron chi connectivity index (χ2n) is 18.3. The van der Waals surface area contributed by atoms with Crippen LogP contribution in [0.1, 0.15) is 139 Å². The number of rotatable bonds is 37. The van der Waals surface area contributed by atoms with E-state index in [2.05, 4.69) is 47.8 Å². The van der Waals surface area contributed by atoms with Crippen molar-refractivity contribution < 1.29 is 68.1 Å². The van der Waals surface area contributed by atoms with Gasteiger partial charge in [0.2, 0.25) is 23.7 Å². The lowest BCUT2D eigenvalue weighted by Gasteiger charge is -2.23. The van der Waals surface area contributed by atoms with E-state index in [0.717, 1.165) is 18.5 Å². The quantitative estimate of drug-likeness (QED) is 0.0130. The van der Waals surface area contributed by atoms with Crippen molar-refractivity contribution in [1.82, 2.24) is 35.9 Å². The number of fused-ring (bicyclic) bond motifs is 1. The number of ketones is 3. The Hall–Kier alpha value is -7.58. The fourth-order valence-electron chi connectivity index (χ4n) is 7.48. The number of hydrogen-bond donors (Lipinski definition) is 10. The zero-order chi connectivity index (χ0) is 60.2. The summed E-state index contributed by atoms with van der Waals surface area (Å²) in [7, 11) is 2.56. The molecule has 0 aliphatic carbocycles. The number of aliphatic imine (C=N–C) groups is 1. The predicted molar refractivity (Wildman–Crippen MR) is 299 cm³/mol. The standard InChI is InChI=1S/C41H54N10O12S2.C10H21NO.CO2/c1-3-64-65-20-29(39(62)63)49-36(58)25(18-32(55)56)17-31(54)28(5-4-14-45-40(42)43)48-35(57)21(2)15-27(52)13-11-24(38(60)61)16-30(53)23-9-6-22(7-10-23)8-12-26-19-46-34-33(47-26)37(59)51-41(44)50-34;1-3-5-6-7-8-9-11-10(12)4-2;2-1-3/h6-7,9-10,19,21,24-25,28-29H,3-5,8,11-18,20H2,1-2H3,(H,48,57)(H,49,58)(H,55,56)(H,60,61)(H,62,63)(H4,42,43,45)(H3,44,46,50,51,59);3-9H2,1-2H3,(H,11,12);. The number of hydrogen-bond acceptors (Lipinski definition) is 19. The molecule has 5 unspecified atom stereocenters. The Morgan fingerprint density at radius 3 is 2.04 bits per heavy atom. The fourth-order valence-corrected chi connectivity index (χ4v) is 9.30. The molecular weight excluding hydrogens is 1080 g/mol. The number of carbonyl (C=O) groups excluding carboxylic acids is 8. The van der Waals surface area contributed by atoms with E-state index in [1.165, 1.54) is 60.4 Å². The Labute approximate surface area is 470 Å². The summed E-state index contributed by atoms with van der Waals surface area (Å²) in [6.45, 7) is 8.28. The lowest BCUT2D eigenvalue weighted by atomic mass is 9.90. The van der Waals surface area contributed by atoms with E-state index in [-0.39, 0.29) is 85.1 Å². The summed E-state index contributed by atoms with van der Waals surface area (Å²) >= 11 is 0. The number of nitrogens with two attached hydrogens (primary N) is 3. The van der Waals surface area contributed by atoms with Gasteiger partial charge in [-0.25, -0.2) is 14.8 Å². The zero-order valence-corrected chi connectivity index (χ0v) is 47.1. The molecule has 440 valence electrons. The SMILES string of the molecule is CCCCCCCNC(=O)CC.CCSSCC(NC(=O)C(CC(=O)O)CC(=O)C(CCCN=C(N)N)NC(=O)C(C)CC(=O)CCC(CC(=O)c1ccc(CCc2cnc3nc(N)[nH]c(=O)c3n2)cc1)C(=O)O)C(=O)O.O=C=O. The Kier molecular flexibility index (Phi) is 35.0. The van der Waals surface area contributed by atoms with Crippen LogP contribution in [0, 0.1) is 17.8 Å². The van der Waals surface area contributed by atoms with Crippen molar-refractivity contribution in [3.05, 3.63) is 57.6 Å². The summed E-state index contributed by atoms with van der Waals surface area (Å²) < 4.78 is 0. The Bertz CT molecular complexity index is 2650. The van der Waals surface area contributed by atoms with E-state index in [9.17, 15) is 63.3 Å². The van der Waals surface area contributed by atoms with Gasteiger partial charge in [0.15, 0.2) is 28.7 Å². The maximum Gasteiger partial charge on any atom is 0.373 e. The summed E-state index contributed by atoms with van der Waals surface area (Å²) in [5.41, 5.74) is 17.6. The number of carboxylic acids is 3. The molecule has 2 heterocycles. The van der Waals surface area contributed by atoms with Crippen molar-refractivity contribution in [1.29, 1.82) is 0 Å². The van der Waals surface area contributed by atoms with Crippen LogP contribution >= 0.6 is 21.6 Å². The van der Waals surface area contributed by atoms with E-state index in [1.807, 2.05) is 13.8 Å². The number of unbranched alkanes of at least 4 members (excludes halogenated alkanes) is 4. The largest absolute Gasteiger partial charge is 0.481 e. The van der Waals surface area contributed by atoms with Gasteiger partial charge in [-0.15, -0.1) is 0 Å². The molecule has 13 N–H and O–H groups in total. The molecule has 0 spiro atoms. The minimum atomic E-state index is -1.48.